The van der Waals surface area contributed by atoms with Gasteiger partial charge in [-0.2, -0.15) is 0 Å². The van der Waals surface area contributed by atoms with E-state index in [9.17, 15) is 9.90 Å². The van der Waals surface area contributed by atoms with E-state index in [-0.39, 0.29) is 12.1 Å². The molecule has 1 fully saturated rings. The number of aromatic nitrogens is 3. The molecule has 1 atom stereocenters. The van der Waals surface area contributed by atoms with Crippen LogP contribution < -0.4 is 5.32 Å². The summed E-state index contributed by atoms with van der Waals surface area (Å²) in [6, 6.07) is 0.135. The molecule has 23 heavy (non-hydrogen) atoms. The Bertz CT molecular complexity index is 537. The van der Waals surface area contributed by atoms with Gasteiger partial charge in [0.25, 0.3) is 0 Å². The van der Waals surface area contributed by atoms with Crippen LogP contribution in [0.4, 0.5) is 4.79 Å². The van der Waals surface area contributed by atoms with Gasteiger partial charge in [-0.15, -0.1) is 10.2 Å². The maximum atomic E-state index is 12.6. The van der Waals surface area contributed by atoms with E-state index >= 15 is 0 Å². The number of hydrogen-bond donors (Lipinski definition) is 2. The van der Waals surface area contributed by atoms with Crippen molar-refractivity contribution in [3.05, 3.63) is 11.6 Å². The van der Waals surface area contributed by atoms with Gasteiger partial charge in [0.2, 0.25) is 0 Å². The number of nitrogens with one attached hydrogen (secondary N) is 1. The Morgan fingerprint density at radius 3 is 2.87 bits per heavy atom. The van der Waals surface area contributed by atoms with Crippen LogP contribution in [0.2, 0.25) is 0 Å². The number of carbonyl (C=O) groups excluding carboxylic acids is 1. The van der Waals surface area contributed by atoms with Crippen LogP contribution in [-0.2, 0) is 19.5 Å². The summed E-state index contributed by atoms with van der Waals surface area (Å²) in [6.07, 6.45) is 7.17. The van der Waals surface area contributed by atoms with Crippen LogP contribution in [0.25, 0.3) is 0 Å². The smallest absolute Gasteiger partial charge is 0.318 e. The Labute approximate surface area is 137 Å². The van der Waals surface area contributed by atoms with Gasteiger partial charge in [0, 0.05) is 25.6 Å². The molecule has 1 aliphatic carbocycles. The second kappa shape index (κ2) is 7.29. The van der Waals surface area contributed by atoms with Crippen molar-refractivity contribution in [1.82, 2.24) is 25.0 Å². The van der Waals surface area contributed by atoms with Gasteiger partial charge in [-0.1, -0.05) is 19.3 Å². The molecule has 2 N–H and O–H groups in total. The molecule has 0 aromatic carbocycles. The molecular formula is C16H27N5O2. The molecule has 7 heteroatoms. The van der Waals surface area contributed by atoms with Crippen LogP contribution in [0.5, 0.6) is 0 Å². The first-order chi connectivity index (χ1) is 11.1. The van der Waals surface area contributed by atoms with E-state index in [1.165, 1.54) is 6.42 Å². The topological polar surface area (TPSA) is 83.3 Å². The van der Waals surface area contributed by atoms with Crippen LogP contribution in [0.1, 0.15) is 57.1 Å². The third-order valence-electron chi connectivity index (χ3n) is 4.82. The number of carbonyl (C=O) groups is 1. The minimum absolute atomic E-state index is 0.104. The number of amides is 2. The van der Waals surface area contributed by atoms with Crippen LogP contribution >= 0.6 is 0 Å². The van der Waals surface area contributed by atoms with Gasteiger partial charge in [-0.25, -0.2) is 4.79 Å². The summed E-state index contributed by atoms with van der Waals surface area (Å²) in [5.41, 5.74) is 0. The molecule has 3 rings (SSSR count). The maximum absolute atomic E-state index is 12.6. The predicted molar refractivity (Wildman–Crippen MR) is 85.8 cm³/mol. The number of aryl methyl sites for hydroxylation is 1. The van der Waals surface area contributed by atoms with Gasteiger partial charge in [-0.3, -0.25) is 0 Å². The second-order valence-electron chi connectivity index (χ2n) is 6.74. The molecule has 1 aromatic rings. The zero-order valence-corrected chi connectivity index (χ0v) is 13.9. The molecule has 1 aromatic heterocycles. The minimum atomic E-state index is -0.514. The lowest BCUT2D eigenvalue weighted by Crippen LogP contribution is -2.49. The van der Waals surface area contributed by atoms with Crippen molar-refractivity contribution in [2.24, 2.45) is 0 Å². The van der Waals surface area contributed by atoms with E-state index < -0.39 is 6.10 Å². The number of fused-ring (bicyclic) bond motifs is 1. The quantitative estimate of drug-likeness (QED) is 0.860. The van der Waals surface area contributed by atoms with E-state index in [0.29, 0.717) is 13.1 Å². The first-order valence-corrected chi connectivity index (χ1v) is 8.78. The summed E-state index contributed by atoms with van der Waals surface area (Å²) in [6.45, 7) is 3.45. The summed E-state index contributed by atoms with van der Waals surface area (Å²) in [4.78, 5) is 14.4. The molecule has 0 unspecified atom stereocenters. The molecule has 1 saturated carbocycles. The number of nitrogens with zero attached hydrogens (tertiary/aromatic N) is 4. The van der Waals surface area contributed by atoms with Crippen LogP contribution in [-0.4, -0.2) is 49.5 Å². The first kappa shape index (κ1) is 16.2. The van der Waals surface area contributed by atoms with Crippen molar-refractivity contribution in [2.75, 3.05) is 6.54 Å². The Morgan fingerprint density at radius 2 is 2.13 bits per heavy atom. The fourth-order valence-corrected chi connectivity index (χ4v) is 3.67. The molecule has 0 bridgehead atoms. The normalized spacial score (nSPS) is 19.4. The van der Waals surface area contributed by atoms with Crippen molar-refractivity contribution in [2.45, 2.75) is 77.1 Å². The van der Waals surface area contributed by atoms with Crippen LogP contribution in [0.3, 0.4) is 0 Å². The molecule has 2 amide bonds. The molecule has 0 saturated heterocycles. The van der Waals surface area contributed by atoms with Crippen LogP contribution in [0.15, 0.2) is 0 Å². The van der Waals surface area contributed by atoms with Gasteiger partial charge in [0.15, 0.2) is 5.82 Å². The lowest BCUT2D eigenvalue weighted by molar-refractivity contribution is 0.0989. The highest BCUT2D eigenvalue weighted by atomic mass is 16.3. The molecule has 1 aliphatic heterocycles. The first-order valence-electron chi connectivity index (χ1n) is 8.78. The van der Waals surface area contributed by atoms with Crippen molar-refractivity contribution >= 4 is 6.03 Å². The average Bonchev–Trinajstić information content (AvgIpc) is 3.15. The van der Waals surface area contributed by atoms with Crippen molar-refractivity contribution in [3.63, 3.8) is 0 Å². The van der Waals surface area contributed by atoms with Gasteiger partial charge in [-0.05, 0) is 26.2 Å². The Hall–Kier alpha value is -1.63. The van der Waals surface area contributed by atoms with Crippen molar-refractivity contribution in [3.8, 4) is 0 Å². The van der Waals surface area contributed by atoms with Crippen molar-refractivity contribution in [1.29, 1.82) is 0 Å². The number of urea groups is 1. The molecule has 2 aliphatic rings. The van der Waals surface area contributed by atoms with Gasteiger partial charge >= 0.3 is 6.03 Å². The van der Waals surface area contributed by atoms with Crippen LogP contribution in [0, 0.1) is 0 Å². The number of rotatable bonds is 5. The number of aliphatic hydroxyl groups excluding tert-OH is 1. The predicted octanol–water partition coefficient (Wildman–Crippen LogP) is 1.45. The standard InChI is InChI=1S/C16H27N5O2/c1-12(22)11-21(13-6-3-2-4-7-13)16(23)17-10-15-19-18-14-8-5-9-20(14)15/h12-13,22H,2-11H2,1H3,(H,17,23)/t12-/m0/s1. The highest BCUT2D eigenvalue weighted by Crippen LogP contribution is 2.23. The Morgan fingerprint density at radius 1 is 1.35 bits per heavy atom. The summed E-state index contributed by atoms with van der Waals surface area (Å²) >= 11 is 0. The zero-order chi connectivity index (χ0) is 16.2. The lowest BCUT2D eigenvalue weighted by Gasteiger charge is -2.35. The highest BCUT2D eigenvalue weighted by molar-refractivity contribution is 5.74. The average molecular weight is 321 g/mol. The molecule has 0 spiro atoms. The highest BCUT2D eigenvalue weighted by Gasteiger charge is 2.27. The third-order valence-corrected chi connectivity index (χ3v) is 4.82. The van der Waals surface area contributed by atoms with E-state index in [2.05, 4.69) is 20.1 Å². The second-order valence-corrected chi connectivity index (χ2v) is 6.74. The van der Waals surface area contributed by atoms with Gasteiger partial charge in [0.1, 0.15) is 5.82 Å². The van der Waals surface area contributed by atoms with E-state index in [1.54, 1.807) is 6.92 Å². The van der Waals surface area contributed by atoms with Crippen molar-refractivity contribution < 1.29 is 9.90 Å². The fourth-order valence-electron chi connectivity index (χ4n) is 3.67. The molecule has 7 nitrogen and oxygen atoms in total. The van der Waals surface area contributed by atoms with Gasteiger partial charge < -0.3 is 19.9 Å². The lowest BCUT2D eigenvalue weighted by atomic mass is 9.94. The maximum Gasteiger partial charge on any atom is 0.318 e. The summed E-state index contributed by atoms with van der Waals surface area (Å²) in [7, 11) is 0. The molecular weight excluding hydrogens is 294 g/mol. The van der Waals surface area contributed by atoms with E-state index in [0.717, 1.165) is 56.7 Å². The Kier molecular flexibility index (Phi) is 5.15. The molecule has 0 radical (unpaired) electrons. The molecule has 128 valence electrons. The monoisotopic (exact) mass is 321 g/mol. The fraction of sp³-hybridized carbons (Fsp3) is 0.812. The Balaban J connectivity index is 1.60. The van der Waals surface area contributed by atoms with E-state index in [4.69, 9.17) is 0 Å². The molecule has 2 heterocycles. The largest absolute Gasteiger partial charge is 0.392 e. The summed E-state index contributed by atoms with van der Waals surface area (Å²) in [5, 5.41) is 21.0. The minimum Gasteiger partial charge on any atom is -0.392 e. The third kappa shape index (κ3) is 3.83. The zero-order valence-electron chi connectivity index (χ0n) is 13.9. The van der Waals surface area contributed by atoms with E-state index in [1.807, 2.05) is 4.90 Å². The van der Waals surface area contributed by atoms with Gasteiger partial charge in [0.05, 0.1) is 12.6 Å². The summed E-state index contributed by atoms with van der Waals surface area (Å²) in [5.74, 6) is 1.84. The SMILES string of the molecule is C[C@H](O)CN(C(=O)NCc1nnc2n1CCC2)C1CCCCC1. The summed E-state index contributed by atoms with van der Waals surface area (Å²) < 4.78 is 2.10. The number of hydrogen-bond acceptors (Lipinski definition) is 4. The number of aliphatic hydroxyl groups is 1.